The number of nitrogens with zero attached hydrogens (tertiary/aromatic N) is 1. The van der Waals surface area contributed by atoms with Crippen LogP contribution in [-0.4, -0.2) is 30.5 Å². The first-order valence-electron chi connectivity index (χ1n) is 4.70. The van der Waals surface area contributed by atoms with E-state index in [1.54, 1.807) is 12.3 Å². The molecule has 0 bridgehead atoms. The predicted octanol–water partition coefficient (Wildman–Crippen LogP) is 1.07. The van der Waals surface area contributed by atoms with E-state index in [2.05, 4.69) is 15.6 Å². The van der Waals surface area contributed by atoms with Crippen molar-refractivity contribution >= 4 is 17.5 Å². The Morgan fingerprint density at radius 2 is 2.40 bits per heavy atom. The average molecular weight is 228 g/mol. The quantitative estimate of drug-likeness (QED) is 0.809. The molecule has 0 aromatic carbocycles. The molecule has 4 nitrogen and oxygen atoms in total. The maximum atomic E-state index is 11.6. The van der Waals surface area contributed by atoms with Gasteiger partial charge in [0.05, 0.1) is 10.6 Å². The van der Waals surface area contributed by atoms with Crippen molar-refractivity contribution in [3.8, 4) is 0 Å². The van der Waals surface area contributed by atoms with Gasteiger partial charge in [-0.2, -0.15) is 0 Å². The molecule has 0 aliphatic rings. The fourth-order valence-electron chi connectivity index (χ4n) is 1.00. The van der Waals surface area contributed by atoms with Gasteiger partial charge in [0.25, 0.3) is 5.91 Å². The second-order valence-electron chi connectivity index (χ2n) is 3.26. The van der Waals surface area contributed by atoms with Gasteiger partial charge in [0.1, 0.15) is 0 Å². The summed E-state index contributed by atoms with van der Waals surface area (Å²) in [6.45, 7) is 2.54. The summed E-state index contributed by atoms with van der Waals surface area (Å²) in [7, 11) is 1.84. The minimum absolute atomic E-state index is 0.176. The maximum Gasteiger partial charge on any atom is 0.252 e. The van der Waals surface area contributed by atoms with Crippen LogP contribution in [0.3, 0.4) is 0 Å². The number of aromatic nitrogens is 1. The van der Waals surface area contributed by atoms with Crippen LogP contribution in [0.15, 0.2) is 18.5 Å². The molecule has 1 amide bonds. The number of halogens is 1. The molecule has 15 heavy (non-hydrogen) atoms. The molecule has 1 aromatic heterocycles. The lowest BCUT2D eigenvalue weighted by molar-refractivity contribution is 0.0950. The van der Waals surface area contributed by atoms with Crippen LogP contribution in [0.5, 0.6) is 0 Å². The number of pyridine rings is 1. The molecule has 0 radical (unpaired) electrons. The lowest BCUT2D eigenvalue weighted by Crippen LogP contribution is -2.37. The predicted molar refractivity (Wildman–Crippen MR) is 60.1 cm³/mol. The van der Waals surface area contributed by atoms with Gasteiger partial charge >= 0.3 is 0 Å². The molecular formula is C10H14ClN3O. The number of nitrogens with one attached hydrogen (secondary N) is 2. The summed E-state index contributed by atoms with van der Waals surface area (Å²) >= 11 is 5.83. The van der Waals surface area contributed by atoms with Crippen molar-refractivity contribution in [1.82, 2.24) is 15.6 Å². The third-order valence-electron chi connectivity index (χ3n) is 2.08. The molecule has 0 aliphatic carbocycles. The number of likely N-dealkylation sites (N-methyl/N-ethyl adjacent to an activating group) is 1. The third-order valence-corrected chi connectivity index (χ3v) is 2.38. The van der Waals surface area contributed by atoms with Gasteiger partial charge in [-0.15, -0.1) is 0 Å². The lowest BCUT2D eigenvalue weighted by Gasteiger charge is -2.11. The summed E-state index contributed by atoms with van der Waals surface area (Å²) in [5.74, 6) is -0.176. The van der Waals surface area contributed by atoms with Crippen LogP contribution in [0, 0.1) is 0 Å². The van der Waals surface area contributed by atoms with Gasteiger partial charge < -0.3 is 10.6 Å². The Morgan fingerprint density at radius 3 is 3.00 bits per heavy atom. The topological polar surface area (TPSA) is 54.0 Å². The van der Waals surface area contributed by atoms with Crippen molar-refractivity contribution in [1.29, 1.82) is 0 Å². The van der Waals surface area contributed by atoms with Gasteiger partial charge in [0.2, 0.25) is 0 Å². The number of hydrogen-bond acceptors (Lipinski definition) is 3. The van der Waals surface area contributed by atoms with E-state index >= 15 is 0 Å². The fraction of sp³-hybridized carbons (Fsp3) is 0.400. The summed E-state index contributed by atoms with van der Waals surface area (Å²) in [5, 5.41) is 6.17. The number of rotatable bonds is 4. The van der Waals surface area contributed by atoms with E-state index in [9.17, 15) is 4.79 Å². The summed E-state index contributed by atoms with van der Waals surface area (Å²) < 4.78 is 0. The Labute approximate surface area is 94.0 Å². The number of amides is 1. The van der Waals surface area contributed by atoms with Gasteiger partial charge in [-0.05, 0) is 20.0 Å². The Balaban J connectivity index is 2.58. The van der Waals surface area contributed by atoms with Gasteiger partial charge in [0.15, 0.2) is 0 Å². The highest BCUT2D eigenvalue weighted by Crippen LogP contribution is 2.12. The molecule has 0 saturated heterocycles. The standard InChI is InChI=1S/C10H14ClN3O/c1-7(12-2)5-14-10(15)8-3-4-13-6-9(8)11/h3-4,6-7,12H,5H2,1-2H3,(H,14,15). The summed E-state index contributed by atoms with van der Waals surface area (Å²) in [6, 6.07) is 1.83. The SMILES string of the molecule is CNC(C)CNC(=O)c1ccncc1Cl. The molecule has 2 N–H and O–H groups in total. The van der Waals surface area contributed by atoms with Crippen molar-refractivity contribution in [2.75, 3.05) is 13.6 Å². The Kier molecular flexibility index (Phi) is 4.52. The van der Waals surface area contributed by atoms with Crippen molar-refractivity contribution in [2.24, 2.45) is 0 Å². The number of carbonyl (C=O) groups is 1. The van der Waals surface area contributed by atoms with Crippen molar-refractivity contribution in [3.63, 3.8) is 0 Å². The highest BCUT2D eigenvalue weighted by Gasteiger charge is 2.09. The highest BCUT2D eigenvalue weighted by atomic mass is 35.5. The van der Waals surface area contributed by atoms with Crippen LogP contribution < -0.4 is 10.6 Å². The van der Waals surface area contributed by atoms with Gasteiger partial charge in [-0.1, -0.05) is 11.6 Å². The molecule has 82 valence electrons. The maximum absolute atomic E-state index is 11.6. The van der Waals surface area contributed by atoms with Gasteiger partial charge in [0, 0.05) is 25.0 Å². The molecule has 0 fully saturated rings. The zero-order chi connectivity index (χ0) is 11.3. The van der Waals surface area contributed by atoms with Crippen molar-refractivity contribution < 1.29 is 4.79 Å². The van der Waals surface area contributed by atoms with Crippen LogP contribution in [0.4, 0.5) is 0 Å². The first-order chi connectivity index (χ1) is 7.15. The third kappa shape index (κ3) is 3.49. The number of hydrogen-bond donors (Lipinski definition) is 2. The monoisotopic (exact) mass is 227 g/mol. The summed E-state index contributed by atoms with van der Waals surface area (Å²) in [4.78, 5) is 15.4. The fourth-order valence-corrected chi connectivity index (χ4v) is 1.21. The van der Waals surface area contributed by atoms with E-state index in [4.69, 9.17) is 11.6 Å². The number of carbonyl (C=O) groups excluding carboxylic acids is 1. The van der Waals surface area contributed by atoms with Crippen LogP contribution in [0.25, 0.3) is 0 Å². The molecule has 1 unspecified atom stereocenters. The largest absolute Gasteiger partial charge is 0.350 e. The van der Waals surface area contributed by atoms with Crippen LogP contribution in [-0.2, 0) is 0 Å². The van der Waals surface area contributed by atoms with Gasteiger partial charge in [-0.25, -0.2) is 0 Å². The minimum atomic E-state index is -0.176. The average Bonchev–Trinajstić information content (AvgIpc) is 2.26. The zero-order valence-electron chi connectivity index (χ0n) is 8.75. The second-order valence-corrected chi connectivity index (χ2v) is 3.66. The highest BCUT2D eigenvalue weighted by molar-refractivity contribution is 6.33. The first-order valence-corrected chi connectivity index (χ1v) is 5.08. The van der Waals surface area contributed by atoms with E-state index in [1.807, 2.05) is 14.0 Å². The molecule has 1 atom stereocenters. The summed E-state index contributed by atoms with van der Waals surface area (Å²) in [5.41, 5.74) is 0.454. The Bertz CT molecular complexity index is 343. The molecule has 5 heteroatoms. The molecule has 1 heterocycles. The summed E-state index contributed by atoms with van der Waals surface area (Å²) in [6.07, 6.45) is 3.00. The molecular weight excluding hydrogens is 214 g/mol. The van der Waals surface area contributed by atoms with E-state index in [-0.39, 0.29) is 11.9 Å². The van der Waals surface area contributed by atoms with Crippen LogP contribution in [0.2, 0.25) is 5.02 Å². The normalized spacial score (nSPS) is 12.2. The van der Waals surface area contributed by atoms with Crippen molar-refractivity contribution in [2.45, 2.75) is 13.0 Å². The van der Waals surface area contributed by atoms with Crippen LogP contribution in [0.1, 0.15) is 17.3 Å². The van der Waals surface area contributed by atoms with Gasteiger partial charge in [-0.3, -0.25) is 9.78 Å². The smallest absolute Gasteiger partial charge is 0.252 e. The van der Waals surface area contributed by atoms with Crippen molar-refractivity contribution in [3.05, 3.63) is 29.0 Å². The second kappa shape index (κ2) is 5.68. The lowest BCUT2D eigenvalue weighted by atomic mass is 10.2. The first kappa shape index (κ1) is 11.9. The van der Waals surface area contributed by atoms with E-state index in [0.29, 0.717) is 17.1 Å². The van der Waals surface area contributed by atoms with E-state index < -0.39 is 0 Å². The molecule has 1 rings (SSSR count). The molecule has 0 spiro atoms. The zero-order valence-corrected chi connectivity index (χ0v) is 9.51. The minimum Gasteiger partial charge on any atom is -0.350 e. The van der Waals surface area contributed by atoms with E-state index in [1.165, 1.54) is 6.20 Å². The van der Waals surface area contributed by atoms with E-state index in [0.717, 1.165) is 0 Å². The molecule has 0 saturated carbocycles. The van der Waals surface area contributed by atoms with Crippen LogP contribution >= 0.6 is 11.6 Å². The molecule has 0 aliphatic heterocycles. The Hall–Kier alpha value is -1.13. The molecule has 1 aromatic rings. The Morgan fingerprint density at radius 1 is 1.67 bits per heavy atom.